The summed E-state index contributed by atoms with van der Waals surface area (Å²) in [7, 11) is 0. The van der Waals surface area contributed by atoms with Gasteiger partial charge in [-0.3, -0.25) is 0 Å². The molecule has 17 heavy (non-hydrogen) atoms. The quantitative estimate of drug-likeness (QED) is 0.665. The SMILES string of the molecule is CCC[C@@H](NC(=O)NC1(CC)CCC1)C(=O)O. The van der Waals surface area contributed by atoms with Crippen molar-refractivity contribution in [2.75, 3.05) is 0 Å². The van der Waals surface area contributed by atoms with Gasteiger partial charge in [-0.25, -0.2) is 9.59 Å². The molecule has 1 aliphatic rings. The lowest BCUT2D eigenvalue weighted by molar-refractivity contribution is -0.139. The number of nitrogens with one attached hydrogen (secondary N) is 2. The Morgan fingerprint density at radius 3 is 2.35 bits per heavy atom. The zero-order valence-electron chi connectivity index (χ0n) is 10.6. The molecular formula is C12H22N2O3. The molecule has 0 unspecified atom stereocenters. The number of carboxylic acid groups (broad SMARTS) is 1. The number of aliphatic carboxylic acids is 1. The summed E-state index contributed by atoms with van der Waals surface area (Å²) < 4.78 is 0. The zero-order valence-corrected chi connectivity index (χ0v) is 10.6. The molecule has 0 aliphatic heterocycles. The van der Waals surface area contributed by atoms with Gasteiger partial charge >= 0.3 is 12.0 Å². The Labute approximate surface area is 102 Å². The Morgan fingerprint density at radius 2 is 2.00 bits per heavy atom. The van der Waals surface area contributed by atoms with Crippen LogP contribution in [0.25, 0.3) is 0 Å². The van der Waals surface area contributed by atoms with Gasteiger partial charge in [0, 0.05) is 5.54 Å². The molecule has 1 aliphatic carbocycles. The van der Waals surface area contributed by atoms with Gasteiger partial charge < -0.3 is 15.7 Å². The Hall–Kier alpha value is -1.26. The van der Waals surface area contributed by atoms with Gasteiger partial charge in [0.2, 0.25) is 0 Å². The van der Waals surface area contributed by atoms with Gasteiger partial charge in [-0.1, -0.05) is 20.3 Å². The van der Waals surface area contributed by atoms with Crippen LogP contribution in [0.5, 0.6) is 0 Å². The average Bonchev–Trinajstić information content (AvgIpc) is 2.22. The smallest absolute Gasteiger partial charge is 0.326 e. The topological polar surface area (TPSA) is 78.4 Å². The van der Waals surface area contributed by atoms with Gasteiger partial charge in [0.1, 0.15) is 6.04 Å². The van der Waals surface area contributed by atoms with E-state index in [4.69, 9.17) is 5.11 Å². The Morgan fingerprint density at radius 1 is 1.35 bits per heavy atom. The van der Waals surface area contributed by atoms with Crippen LogP contribution in [-0.4, -0.2) is 28.7 Å². The van der Waals surface area contributed by atoms with Crippen molar-refractivity contribution >= 4 is 12.0 Å². The first kappa shape index (κ1) is 13.8. The second kappa shape index (κ2) is 5.89. The monoisotopic (exact) mass is 242 g/mol. The standard InChI is InChI=1S/C12H22N2O3/c1-3-6-9(10(15)16)13-11(17)14-12(4-2)7-5-8-12/h9H,3-8H2,1-2H3,(H,15,16)(H2,13,14,17)/t9-/m1/s1. The molecule has 98 valence electrons. The van der Waals surface area contributed by atoms with E-state index in [1.165, 1.54) is 0 Å². The Bertz CT molecular complexity index is 282. The second-order valence-electron chi connectivity index (χ2n) is 4.77. The van der Waals surface area contributed by atoms with Gasteiger partial charge in [0.15, 0.2) is 0 Å². The molecule has 0 spiro atoms. The van der Waals surface area contributed by atoms with Gasteiger partial charge in [-0.2, -0.15) is 0 Å². The normalized spacial score (nSPS) is 18.9. The van der Waals surface area contributed by atoms with Crippen LogP contribution in [0, 0.1) is 0 Å². The predicted octanol–water partition coefficient (Wildman–Crippen LogP) is 1.87. The first-order valence-corrected chi connectivity index (χ1v) is 6.34. The van der Waals surface area contributed by atoms with E-state index in [-0.39, 0.29) is 11.6 Å². The molecule has 3 N–H and O–H groups in total. The minimum absolute atomic E-state index is 0.0979. The van der Waals surface area contributed by atoms with E-state index in [1.54, 1.807) is 0 Å². The third-order valence-electron chi connectivity index (χ3n) is 3.55. The van der Waals surface area contributed by atoms with E-state index in [9.17, 15) is 9.59 Å². The van der Waals surface area contributed by atoms with Crippen molar-refractivity contribution in [1.82, 2.24) is 10.6 Å². The van der Waals surface area contributed by atoms with E-state index in [1.807, 2.05) is 13.8 Å². The number of urea groups is 1. The van der Waals surface area contributed by atoms with Crippen molar-refractivity contribution in [3.63, 3.8) is 0 Å². The van der Waals surface area contributed by atoms with Crippen molar-refractivity contribution in [2.24, 2.45) is 0 Å². The van der Waals surface area contributed by atoms with E-state index < -0.39 is 12.0 Å². The molecule has 0 heterocycles. The van der Waals surface area contributed by atoms with Crippen LogP contribution in [0.4, 0.5) is 4.79 Å². The number of carboxylic acids is 1. The molecular weight excluding hydrogens is 220 g/mol. The average molecular weight is 242 g/mol. The van der Waals surface area contributed by atoms with Crippen LogP contribution in [0.3, 0.4) is 0 Å². The van der Waals surface area contributed by atoms with Crippen LogP contribution in [-0.2, 0) is 4.79 Å². The molecule has 1 rings (SSSR count). The maximum atomic E-state index is 11.7. The highest BCUT2D eigenvalue weighted by Gasteiger charge is 2.36. The van der Waals surface area contributed by atoms with Crippen molar-refractivity contribution in [3.8, 4) is 0 Å². The van der Waals surface area contributed by atoms with Crippen molar-refractivity contribution in [2.45, 2.75) is 64.0 Å². The fraction of sp³-hybridized carbons (Fsp3) is 0.833. The number of hydrogen-bond acceptors (Lipinski definition) is 2. The first-order chi connectivity index (χ1) is 8.03. The maximum Gasteiger partial charge on any atom is 0.326 e. The first-order valence-electron chi connectivity index (χ1n) is 6.34. The highest BCUT2D eigenvalue weighted by atomic mass is 16.4. The minimum atomic E-state index is -0.971. The summed E-state index contributed by atoms with van der Waals surface area (Å²) in [4.78, 5) is 22.6. The summed E-state index contributed by atoms with van der Waals surface area (Å²) in [5, 5.41) is 14.4. The largest absolute Gasteiger partial charge is 0.480 e. The molecule has 0 bridgehead atoms. The Balaban J connectivity index is 2.44. The van der Waals surface area contributed by atoms with E-state index >= 15 is 0 Å². The van der Waals surface area contributed by atoms with Crippen LogP contribution in [0.15, 0.2) is 0 Å². The maximum absolute atomic E-state index is 11.7. The molecule has 0 aromatic carbocycles. The van der Waals surface area contributed by atoms with Gasteiger partial charge in [0.05, 0.1) is 0 Å². The fourth-order valence-corrected chi connectivity index (χ4v) is 2.15. The minimum Gasteiger partial charge on any atom is -0.480 e. The van der Waals surface area contributed by atoms with Gasteiger partial charge in [-0.05, 0) is 32.1 Å². The number of amides is 2. The highest BCUT2D eigenvalue weighted by molar-refractivity contribution is 5.82. The fourth-order valence-electron chi connectivity index (χ4n) is 2.15. The number of carbonyl (C=O) groups excluding carboxylic acids is 1. The van der Waals surface area contributed by atoms with Gasteiger partial charge in [-0.15, -0.1) is 0 Å². The number of rotatable bonds is 6. The highest BCUT2D eigenvalue weighted by Crippen LogP contribution is 2.34. The summed E-state index contributed by atoms with van der Waals surface area (Å²) in [6.07, 6.45) is 5.19. The molecule has 1 fully saturated rings. The molecule has 5 nitrogen and oxygen atoms in total. The predicted molar refractivity (Wildman–Crippen MR) is 64.9 cm³/mol. The summed E-state index contributed by atoms with van der Waals surface area (Å²) in [6, 6.07) is -1.14. The summed E-state index contributed by atoms with van der Waals surface area (Å²) in [5.74, 6) is -0.971. The molecule has 1 saturated carbocycles. The molecule has 0 aromatic rings. The third kappa shape index (κ3) is 3.61. The zero-order chi connectivity index (χ0) is 12.9. The summed E-state index contributed by atoms with van der Waals surface area (Å²) >= 11 is 0. The van der Waals surface area contributed by atoms with E-state index in [2.05, 4.69) is 10.6 Å². The van der Waals surface area contributed by atoms with Crippen LogP contribution >= 0.6 is 0 Å². The van der Waals surface area contributed by atoms with Crippen molar-refractivity contribution in [3.05, 3.63) is 0 Å². The second-order valence-corrected chi connectivity index (χ2v) is 4.77. The lowest BCUT2D eigenvalue weighted by Gasteiger charge is -2.42. The molecule has 2 amide bonds. The Kier molecular flexibility index (Phi) is 4.78. The lowest BCUT2D eigenvalue weighted by Crippen LogP contribution is -2.58. The van der Waals surface area contributed by atoms with E-state index in [0.29, 0.717) is 6.42 Å². The molecule has 0 aromatic heterocycles. The number of hydrogen-bond donors (Lipinski definition) is 3. The lowest BCUT2D eigenvalue weighted by atomic mass is 9.75. The molecule has 0 saturated heterocycles. The molecule has 0 radical (unpaired) electrons. The molecule has 5 heteroatoms. The van der Waals surface area contributed by atoms with E-state index in [0.717, 1.165) is 32.1 Å². The van der Waals surface area contributed by atoms with Crippen molar-refractivity contribution < 1.29 is 14.7 Å². The number of carbonyl (C=O) groups is 2. The summed E-state index contributed by atoms with van der Waals surface area (Å²) in [6.45, 7) is 3.94. The van der Waals surface area contributed by atoms with Crippen LogP contribution in [0.2, 0.25) is 0 Å². The van der Waals surface area contributed by atoms with Crippen LogP contribution < -0.4 is 10.6 Å². The van der Waals surface area contributed by atoms with Gasteiger partial charge in [0.25, 0.3) is 0 Å². The third-order valence-corrected chi connectivity index (χ3v) is 3.55. The van der Waals surface area contributed by atoms with Crippen LogP contribution in [0.1, 0.15) is 52.4 Å². The van der Waals surface area contributed by atoms with Crippen molar-refractivity contribution in [1.29, 1.82) is 0 Å². The molecule has 1 atom stereocenters. The summed E-state index contributed by atoms with van der Waals surface area (Å²) in [5.41, 5.74) is -0.0979.